The number of hydrogen-bond acceptors (Lipinski definition) is 2. The summed E-state index contributed by atoms with van der Waals surface area (Å²) in [5.74, 6) is -0.361. The second-order valence-electron chi connectivity index (χ2n) is 4.97. The van der Waals surface area contributed by atoms with E-state index in [1.165, 1.54) is 17.2 Å². The summed E-state index contributed by atoms with van der Waals surface area (Å²) in [6, 6.07) is 5.22. The van der Waals surface area contributed by atoms with Crippen LogP contribution in [0.4, 0.5) is 4.39 Å². The SMILES string of the molecule is CCCNC(Cc1ccc(F)c(Cl)c1)c1cscc1C. The number of rotatable bonds is 6. The highest BCUT2D eigenvalue weighted by Gasteiger charge is 2.15. The number of hydrogen-bond donors (Lipinski definition) is 1. The average molecular weight is 312 g/mol. The summed E-state index contributed by atoms with van der Waals surface area (Å²) in [5, 5.41) is 8.11. The van der Waals surface area contributed by atoms with Gasteiger partial charge in [-0.3, -0.25) is 0 Å². The third kappa shape index (κ3) is 3.81. The second kappa shape index (κ2) is 7.21. The Morgan fingerprint density at radius 3 is 2.75 bits per heavy atom. The third-order valence-corrected chi connectivity index (χ3v) is 4.50. The molecular weight excluding hydrogens is 293 g/mol. The van der Waals surface area contributed by atoms with Crippen LogP contribution in [0.15, 0.2) is 29.0 Å². The van der Waals surface area contributed by atoms with Crippen molar-refractivity contribution >= 4 is 22.9 Å². The maximum absolute atomic E-state index is 13.2. The molecule has 1 aromatic heterocycles. The van der Waals surface area contributed by atoms with E-state index in [0.29, 0.717) is 0 Å². The fraction of sp³-hybridized carbons (Fsp3) is 0.375. The Kier molecular flexibility index (Phi) is 5.58. The van der Waals surface area contributed by atoms with E-state index in [2.05, 4.69) is 29.9 Å². The van der Waals surface area contributed by atoms with E-state index in [-0.39, 0.29) is 16.9 Å². The van der Waals surface area contributed by atoms with E-state index < -0.39 is 0 Å². The van der Waals surface area contributed by atoms with Crippen LogP contribution in [0, 0.1) is 12.7 Å². The molecule has 1 N–H and O–H groups in total. The molecule has 0 spiro atoms. The first kappa shape index (κ1) is 15.5. The zero-order valence-electron chi connectivity index (χ0n) is 11.7. The van der Waals surface area contributed by atoms with E-state index in [1.807, 2.05) is 6.07 Å². The van der Waals surface area contributed by atoms with Gasteiger partial charge in [-0.05, 0) is 65.9 Å². The van der Waals surface area contributed by atoms with Crippen molar-refractivity contribution in [3.63, 3.8) is 0 Å². The van der Waals surface area contributed by atoms with Gasteiger partial charge in [0.2, 0.25) is 0 Å². The van der Waals surface area contributed by atoms with Crippen LogP contribution < -0.4 is 5.32 Å². The number of halogens is 2. The Morgan fingerprint density at radius 1 is 1.35 bits per heavy atom. The van der Waals surface area contributed by atoms with E-state index >= 15 is 0 Å². The van der Waals surface area contributed by atoms with Crippen molar-refractivity contribution in [3.8, 4) is 0 Å². The van der Waals surface area contributed by atoms with Gasteiger partial charge < -0.3 is 5.32 Å². The molecule has 0 saturated heterocycles. The highest BCUT2D eigenvalue weighted by molar-refractivity contribution is 7.08. The molecule has 1 heterocycles. The first-order valence-corrected chi connectivity index (χ1v) is 8.14. The molecule has 0 amide bonds. The van der Waals surface area contributed by atoms with Gasteiger partial charge in [-0.25, -0.2) is 4.39 Å². The summed E-state index contributed by atoms with van der Waals surface area (Å²) in [6.45, 7) is 5.25. The molecule has 20 heavy (non-hydrogen) atoms. The van der Waals surface area contributed by atoms with Gasteiger partial charge in [0.15, 0.2) is 0 Å². The van der Waals surface area contributed by atoms with E-state index in [9.17, 15) is 4.39 Å². The predicted molar refractivity (Wildman–Crippen MR) is 85.2 cm³/mol. The minimum Gasteiger partial charge on any atom is -0.310 e. The zero-order chi connectivity index (χ0) is 14.5. The Hall–Kier alpha value is -0.900. The molecule has 0 saturated carbocycles. The Morgan fingerprint density at radius 2 is 2.15 bits per heavy atom. The zero-order valence-corrected chi connectivity index (χ0v) is 13.3. The lowest BCUT2D eigenvalue weighted by Crippen LogP contribution is -2.24. The van der Waals surface area contributed by atoms with Crippen LogP contribution in [0.1, 0.15) is 36.1 Å². The van der Waals surface area contributed by atoms with Gasteiger partial charge in [-0.1, -0.05) is 24.6 Å². The van der Waals surface area contributed by atoms with Gasteiger partial charge in [0.25, 0.3) is 0 Å². The molecule has 0 aliphatic heterocycles. The lowest BCUT2D eigenvalue weighted by Gasteiger charge is -2.19. The molecule has 2 aromatic rings. The smallest absolute Gasteiger partial charge is 0.141 e. The topological polar surface area (TPSA) is 12.0 Å². The van der Waals surface area contributed by atoms with Crippen molar-refractivity contribution in [2.45, 2.75) is 32.7 Å². The van der Waals surface area contributed by atoms with Gasteiger partial charge in [-0.2, -0.15) is 11.3 Å². The van der Waals surface area contributed by atoms with Crippen molar-refractivity contribution in [3.05, 3.63) is 56.5 Å². The molecule has 0 aliphatic rings. The Labute approximate surface area is 128 Å². The molecule has 1 aromatic carbocycles. The van der Waals surface area contributed by atoms with Crippen LogP contribution in [0.3, 0.4) is 0 Å². The summed E-state index contributed by atoms with van der Waals surface area (Å²) in [7, 11) is 0. The molecule has 0 fully saturated rings. The number of nitrogens with one attached hydrogen (secondary N) is 1. The molecule has 0 bridgehead atoms. The standard InChI is InChI=1S/C16H19ClFNS/c1-3-6-19-16(13-10-20-9-11(13)2)8-12-4-5-15(18)14(17)7-12/h4-5,7,9-10,16,19H,3,6,8H2,1-2H3. The van der Waals surface area contributed by atoms with Crippen molar-refractivity contribution < 1.29 is 4.39 Å². The number of benzene rings is 1. The third-order valence-electron chi connectivity index (χ3n) is 3.34. The molecular formula is C16H19ClFNS. The Balaban J connectivity index is 2.19. The summed E-state index contributed by atoms with van der Waals surface area (Å²) < 4.78 is 13.2. The summed E-state index contributed by atoms with van der Waals surface area (Å²) >= 11 is 7.58. The monoisotopic (exact) mass is 311 g/mol. The minimum absolute atomic E-state index is 0.193. The van der Waals surface area contributed by atoms with Crippen LogP contribution >= 0.6 is 22.9 Å². The highest BCUT2D eigenvalue weighted by Crippen LogP contribution is 2.26. The lowest BCUT2D eigenvalue weighted by atomic mass is 9.98. The molecule has 1 unspecified atom stereocenters. The summed E-state index contributed by atoms with van der Waals surface area (Å²) in [4.78, 5) is 0. The minimum atomic E-state index is -0.361. The predicted octanol–water partition coefficient (Wildman–Crippen LogP) is 5.13. The van der Waals surface area contributed by atoms with E-state index in [1.54, 1.807) is 17.4 Å². The average Bonchev–Trinajstić information content (AvgIpc) is 2.85. The molecule has 4 heteroatoms. The summed E-state index contributed by atoms with van der Waals surface area (Å²) in [6.07, 6.45) is 1.90. The van der Waals surface area contributed by atoms with Crippen molar-refractivity contribution in [2.75, 3.05) is 6.54 Å². The summed E-state index contributed by atoms with van der Waals surface area (Å²) in [5.41, 5.74) is 3.68. The van der Waals surface area contributed by atoms with E-state index in [0.717, 1.165) is 24.9 Å². The maximum Gasteiger partial charge on any atom is 0.141 e. The molecule has 1 nitrogen and oxygen atoms in total. The molecule has 0 aliphatic carbocycles. The second-order valence-corrected chi connectivity index (χ2v) is 6.12. The quantitative estimate of drug-likeness (QED) is 0.779. The first-order valence-electron chi connectivity index (χ1n) is 6.81. The van der Waals surface area contributed by atoms with E-state index in [4.69, 9.17) is 11.6 Å². The molecule has 2 rings (SSSR count). The fourth-order valence-corrected chi connectivity index (χ4v) is 3.35. The maximum atomic E-state index is 13.2. The van der Waals surface area contributed by atoms with Crippen LogP contribution in [-0.2, 0) is 6.42 Å². The van der Waals surface area contributed by atoms with Crippen LogP contribution in [0.5, 0.6) is 0 Å². The van der Waals surface area contributed by atoms with Crippen LogP contribution in [0.2, 0.25) is 5.02 Å². The van der Waals surface area contributed by atoms with Crippen molar-refractivity contribution in [2.24, 2.45) is 0 Å². The Bertz CT molecular complexity index is 567. The van der Waals surface area contributed by atoms with Gasteiger partial charge in [0.05, 0.1) is 5.02 Å². The largest absolute Gasteiger partial charge is 0.310 e. The molecule has 1 atom stereocenters. The van der Waals surface area contributed by atoms with Crippen molar-refractivity contribution in [1.82, 2.24) is 5.32 Å². The molecule has 108 valence electrons. The van der Waals surface area contributed by atoms with Crippen LogP contribution in [-0.4, -0.2) is 6.54 Å². The normalized spacial score (nSPS) is 12.6. The van der Waals surface area contributed by atoms with Gasteiger partial charge in [-0.15, -0.1) is 0 Å². The first-order chi connectivity index (χ1) is 9.61. The van der Waals surface area contributed by atoms with Gasteiger partial charge in [0, 0.05) is 6.04 Å². The number of thiophene rings is 1. The van der Waals surface area contributed by atoms with Crippen LogP contribution in [0.25, 0.3) is 0 Å². The fourth-order valence-electron chi connectivity index (χ4n) is 2.24. The lowest BCUT2D eigenvalue weighted by molar-refractivity contribution is 0.528. The molecule has 0 radical (unpaired) electrons. The van der Waals surface area contributed by atoms with Crippen molar-refractivity contribution in [1.29, 1.82) is 0 Å². The van der Waals surface area contributed by atoms with Gasteiger partial charge in [0.1, 0.15) is 5.82 Å². The van der Waals surface area contributed by atoms with Gasteiger partial charge >= 0.3 is 0 Å². The number of aryl methyl sites for hydroxylation is 1. The highest BCUT2D eigenvalue weighted by atomic mass is 35.5.